The Bertz CT molecular complexity index is 591. The minimum Gasteiger partial charge on any atom is -0.376 e. The van der Waals surface area contributed by atoms with Crippen LogP contribution >= 0.6 is 0 Å². The summed E-state index contributed by atoms with van der Waals surface area (Å²) in [4.78, 5) is 10.1. The monoisotopic (exact) mass is 315 g/mol. The number of ether oxygens (including phenoxy) is 1. The van der Waals surface area contributed by atoms with E-state index in [0.717, 1.165) is 31.4 Å². The maximum atomic E-state index is 12.8. The predicted molar refractivity (Wildman–Crippen MR) is 88.5 cm³/mol. The average Bonchev–Trinajstić information content (AvgIpc) is 3.06. The van der Waals surface area contributed by atoms with Crippen LogP contribution in [-0.2, 0) is 16.0 Å². The van der Waals surface area contributed by atoms with Gasteiger partial charge in [0.2, 0.25) is 5.91 Å². The van der Waals surface area contributed by atoms with Crippen LogP contribution in [0.2, 0.25) is 0 Å². The Balaban J connectivity index is 0.000000268. The number of hydrogen-bond acceptors (Lipinski definition) is 2. The number of rotatable bonds is 4. The first-order valence-corrected chi connectivity index (χ1v) is 7.78. The molecule has 1 N–H and O–H groups in total. The minimum absolute atomic E-state index is 0.0296. The predicted octanol–water partition coefficient (Wildman–Crippen LogP) is 3.65. The largest absolute Gasteiger partial charge is 0.376 e. The molecule has 2 aromatic rings. The third kappa shape index (κ3) is 5.83. The smallest absolute Gasteiger partial charge is 0.220 e. The molecule has 3 nitrogen and oxygen atoms in total. The fourth-order valence-electron chi connectivity index (χ4n) is 2.41. The molecular weight excluding hydrogens is 293 g/mol. The van der Waals surface area contributed by atoms with E-state index in [1.807, 2.05) is 18.2 Å². The molecule has 0 aromatic heterocycles. The Morgan fingerprint density at radius 1 is 1.13 bits per heavy atom. The van der Waals surface area contributed by atoms with E-state index in [2.05, 4.69) is 17.4 Å². The highest BCUT2D eigenvalue weighted by Crippen LogP contribution is 2.21. The van der Waals surface area contributed by atoms with Gasteiger partial charge in [0.25, 0.3) is 0 Å². The lowest BCUT2D eigenvalue weighted by atomic mass is 10.0. The van der Waals surface area contributed by atoms with E-state index in [9.17, 15) is 9.18 Å². The molecule has 3 rings (SSSR count). The number of hydrogen-bond donors (Lipinski definition) is 1. The van der Waals surface area contributed by atoms with Gasteiger partial charge in [0.05, 0.1) is 6.10 Å². The molecule has 1 saturated heterocycles. The van der Waals surface area contributed by atoms with Crippen molar-refractivity contribution in [2.45, 2.75) is 25.4 Å². The number of halogens is 1. The van der Waals surface area contributed by atoms with Crippen molar-refractivity contribution < 1.29 is 13.9 Å². The second-order valence-electron chi connectivity index (χ2n) is 5.42. The molecule has 1 fully saturated rings. The highest BCUT2D eigenvalue weighted by atomic mass is 19.1. The molecule has 1 amide bonds. The molecule has 1 atom stereocenters. The Hall–Kier alpha value is -2.20. The zero-order chi connectivity index (χ0) is 16.5. The van der Waals surface area contributed by atoms with Crippen LogP contribution in [-0.4, -0.2) is 19.6 Å². The Kier molecular flexibility index (Phi) is 6.76. The number of benzene rings is 2. The van der Waals surface area contributed by atoms with Crippen molar-refractivity contribution in [3.05, 3.63) is 71.5 Å². The van der Waals surface area contributed by atoms with Crippen molar-refractivity contribution >= 4 is 5.91 Å². The second-order valence-corrected chi connectivity index (χ2v) is 5.42. The lowest BCUT2D eigenvalue weighted by molar-refractivity contribution is -0.119. The lowest BCUT2D eigenvalue weighted by Gasteiger charge is -2.15. The molecule has 1 aliphatic rings. The number of amides is 1. The van der Waals surface area contributed by atoms with Crippen molar-refractivity contribution in [2.24, 2.45) is 0 Å². The fourth-order valence-corrected chi connectivity index (χ4v) is 2.41. The third-order valence-electron chi connectivity index (χ3n) is 3.69. The summed E-state index contributed by atoms with van der Waals surface area (Å²) >= 11 is 0. The topological polar surface area (TPSA) is 38.3 Å². The fraction of sp³-hybridized carbons (Fsp3) is 0.316. The van der Waals surface area contributed by atoms with Crippen molar-refractivity contribution in [3.8, 4) is 0 Å². The van der Waals surface area contributed by atoms with Crippen LogP contribution in [0.15, 0.2) is 54.6 Å². The Labute approximate surface area is 136 Å². The standard InChI is InChI=1S/C15H15FO.C4H7NO/c1-17-15(11-12-5-3-2-4-6-12)13-7-9-14(16)10-8-13;6-4-2-1-3-5-4/h2-10,15H,11H2,1H3;1-3H2,(H,5,6). The molecule has 0 aliphatic carbocycles. The quantitative estimate of drug-likeness (QED) is 0.935. The number of nitrogens with one attached hydrogen (secondary N) is 1. The van der Waals surface area contributed by atoms with E-state index in [4.69, 9.17) is 4.74 Å². The molecule has 1 heterocycles. The first kappa shape index (κ1) is 17.2. The summed E-state index contributed by atoms with van der Waals surface area (Å²) in [7, 11) is 1.68. The van der Waals surface area contributed by atoms with Gasteiger partial charge in [-0.3, -0.25) is 4.79 Å². The minimum atomic E-state index is -0.219. The van der Waals surface area contributed by atoms with E-state index in [1.165, 1.54) is 17.7 Å². The van der Waals surface area contributed by atoms with Crippen molar-refractivity contribution in [1.82, 2.24) is 5.32 Å². The van der Waals surface area contributed by atoms with Gasteiger partial charge in [0, 0.05) is 26.5 Å². The summed E-state index contributed by atoms with van der Waals surface area (Å²) in [6, 6.07) is 16.6. The zero-order valence-electron chi connectivity index (χ0n) is 13.3. The van der Waals surface area contributed by atoms with E-state index < -0.39 is 0 Å². The number of carbonyl (C=O) groups is 1. The first-order valence-electron chi connectivity index (χ1n) is 7.78. The van der Waals surface area contributed by atoms with E-state index in [1.54, 1.807) is 19.2 Å². The molecule has 0 radical (unpaired) electrons. The first-order chi connectivity index (χ1) is 11.2. The molecule has 0 spiro atoms. The maximum Gasteiger partial charge on any atom is 0.220 e. The average molecular weight is 315 g/mol. The van der Waals surface area contributed by atoms with E-state index in [-0.39, 0.29) is 17.8 Å². The number of methoxy groups -OCH3 is 1. The molecule has 4 heteroatoms. The third-order valence-corrected chi connectivity index (χ3v) is 3.69. The van der Waals surface area contributed by atoms with E-state index >= 15 is 0 Å². The molecule has 2 aromatic carbocycles. The van der Waals surface area contributed by atoms with Gasteiger partial charge in [-0.25, -0.2) is 4.39 Å². The van der Waals surface area contributed by atoms with Crippen LogP contribution in [0, 0.1) is 5.82 Å². The van der Waals surface area contributed by atoms with Crippen molar-refractivity contribution in [1.29, 1.82) is 0 Å². The maximum absolute atomic E-state index is 12.8. The van der Waals surface area contributed by atoms with E-state index in [0.29, 0.717) is 0 Å². The highest BCUT2D eigenvalue weighted by Gasteiger charge is 2.11. The molecule has 122 valence electrons. The second kappa shape index (κ2) is 9.06. The summed E-state index contributed by atoms with van der Waals surface area (Å²) in [6.07, 6.45) is 2.53. The normalized spacial score (nSPS) is 14.6. The van der Waals surface area contributed by atoms with Crippen molar-refractivity contribution in [2.75, 3.05) is 13.7 Å². The molecule has 0 saturated carbocycles. The molecular formula is C19H22FNO2. The van der Waals surface area contributed by atoms with Crippen LogP contribution in [0.5, 0.6) is 0 Å². The Morgan fingerprint density at radius 3 is 2.30 bits per heavy atom. The highest BCUT2D eigenvalue weighted by molar-refractivity contribution is 5.77. The number of carbonyl (C=O) groups excluding carboxylic acids is 1. The van der Waals surface area contributed by atoms with Crippen molar-refractivity contribution in [3.63, 3.8) is 0 Å². The van der Waals surface area contributed by atoms with Crippen LogP contribution in [0.1, 0.15) is 30.1 Å². The van der Waals surface area contributed by atoms with Gasteiger partial charge in [-0.2, -0.15) is 0 Å². The molecule has 23 heavy (non-hydrogen) atoms. The zero-order valence-corrected chi connectivity index (χ0v) is 13.3. The van der Waals surface area contributed by atoms with Gasteiger partial charge in [0.15, 0.2) is 0 Å². The summed E-state index contributed by atoms with van der Waals surface area (Å²) in [6.45, 7) is 0.888. The summed E-state index contributed by atoms with van der Waals surface area (Å²) in [5.41, 5.74) is 2.21. The SMILES string of the molecule is COC(Cc1ccccc1)c1ccc(F)cc1.O=C1CCCN1. The Morgan fingerprint density at radius 2 is 1.83 bits per heavy atom. The molecule has 0 bridgehead atoms. The summed E-state index contributed by atoms with van der Waals surface area (Å²) in [5, 5.41) is 2.68. The van der Waals surface area contributed by atoms with Crippen LogP contribution < -0.4 is 5.32 Å². The van der Waals surface area contributed by atoms with Gasteiger partial charge < -0.3 is 10.1 Å². The van der Waals surface area contributed by atoms with Crippen LogP contribution in [0.4, 0.5) is 4.39 Å². The molecule has 1 aliphatic heterocycles. The van der Waals surface area contributed by atoms with Gasteiger partial charge in [-0.1, -0.05) is 42.5 Å². The summed E-state index contributed by atoms with van der Waals surface area (Å²) < 4.78 is 18.3. The van der Waals surface area contributed by atoms with Gasteiger partial charge in [0.1, 0.15) is 5.82 Å². The van der Waals surface area contributed by atoms with Gasteiger partial charge in [-0.15, -0.1) is 0 Å². The lowest BCUT2D eigenvalue weighted by Crippen LogP contribution is -2.12. The summed E-state index contributed by atoms with van der Waals surface area (Å²) in [5.74, 6) is -0.0154. The van der Waals surface area contributed by atoms with Crippen LogP contribution in [0.3, 0.4) is 0 Å². The van der Waals surface area contributed by atoms with Gasteiger partial charge in [-0.05, 0) is 29.7 Å². The van der Waals surface area contributed by atoms with Crippen LogP contribution in [0.25, 0.3) is 0 Å². The molecule has 1 unspecified atom stereocenters. The van der Waals surface area contributed by atoms with Gasteiger partial charge >= 0.3 is 0 Å².